The number of hydrogen-bond acceptors (Lipinski definition) is 3. The molecule has 0 aromatic heterocycles. The first kappa shape index (κ1) is 16.3. The summed E-state index contributed by atoms with van der Waals surface area (Å²) in [5, 5.41) is 2.96. The summed E-state index contributed by atoms with van der Waals surface area (Å²) in [6.45, 7) is 8.55. The molecule has 0 saturated carbocycles. The van der Waals surface area contributed by atoms with Crippen LogP contribution in [-0.2, 0) is 14.3 Å². The van der Waals surface area contributed by atoms with Crippen LogP contribution in [0, 0.1) is 0 Å². The third-order valence-electron chi connectivity index (χ3n) is 4.99. The summed E-state index contributed by atoms with van der Waals surface area (Å²) < 4.78 is 5.86. The van der Waals surface area contributed by atoms with E-state index in [1.807, 2.05) is 25.7 Å². The molecule has 2 amide bonds. The predicted molar refractivity (Wildman–Crippen MR) is 80.8 cm³/mol. The molecule has 0 aliphatic carbocycles. The maximum Gasteiger partial charge on any atom is 0.248 e. The number of carbonyl (C=O) groups excluding carboxylic acids is 2. The molecule has 3 unspecified atom stereocenters. The van der Waals surface area contributed by atoms with Crippen LogP contribution >= 0.6 is 0 Å². The number of rotatable bonds is 4. The average molecular weight is 296 g/mol. The highest BCUT2D eigenvalue weighted by Gasteiger charge is 2.44. The van der Waals surface area contributed by atoms with Crippen molar-refractivity contribution in [2.75, 3.05) is 6.54 Å². The van der Waals surface area contributed by atoms with Crippen molar-refractivity contribution in [1.82, 2.24) is 10.2 Å². The molecular formula is C16H28N2O3. The normalized spacial score (nSPS) is 33.0. The Morgan fingerprint density at radius 2 is 1.90 bits per heavy atom. The van der Waals surface area contributed by atoms with E-state index >= 15 is 0 Å². The van der Waals surface area contributed by atoms with E-state index in [2.05, 4.69) is 12.2 Å². The van der Waals surface area contributed by atoms with Crippen LogP contribution in [-0.4, -0.2) is 47.0 Å². The first-order valence-corrected chi connectivity index (χ1v) is 8.19. The largest absolute Gasteiger partial charge is 0.373 e. The van der Waals surface area contributed by atoms with Crippen LogP contribution in [0.5, 0.6) is 0 Å². The van der Waals surface area contributed by atoms with Crippen molar-refractivity contribution in [2.24, 2.45) is 0 Å². The average Bonchev–Trinajstić information content (AvgIpc) is 2.83. The van der Waals surface area contributed by atoms with Crippen LogP contribution in [0.2, 0.25) is 0 Å². The second kappa shape index (κ2) is 6.34. The summed E-state index contributed by atoms with van der Waals surface area (Å²) in [6.07, 6.45) is 4.03. The minimum Gasteiger partial charge on any atom is -0.373 e. The van der Waals surface area contributed by atoms with Crippen molar-refractivity contribution in [3.63, 3.8) is 0 Å². The first-order valence-electron chi connectivity index (χ1n) is 8.19. The second-order valence-electron chi connectivity index (χ2n) is 6.49. The zero-order valence-electron chi connectivity index (χ0n) is 13.6. The Bertz CT molecular complexity index is 406. The predicted octanol–water partition coefficient (Wildman–Crippen LogP) is 1.85. The lowest BCUT2D eigenvalue weighted by atomic mass is 9.91. The Kier molecular flexibility index (Phi) is 4.91. The van der Waals surface area contributed by atoms with Gasteiger partial charge >= 0.3 is 0 Å². The number of carbonyl (C=O) groups is 2. The molecule has 0 spiro atoms. The topological polar surface area (TPSA) is 58.6 Å². The molecule has 2 saturated heterocycles. The van der Waals surface area contributed by atoms with Crippen LogP contribution < -0.4 is 5.32 Å². The Morgan fingerprint density at radius 1 is 1.24 bits per heavy atom. The smallest absolute Gasteiger partial charge is 0.248 e. The van der Waals surface area contributed by atoms with Gasteiger partial charge in [0.1, 0.15) is 5.54 Å². The second-order valence-corrected chi connectivity index (χ2v) is 6.49. The molecule has 5 heteroatoms. The number of amides is 2. The van der Waals surface area contributed by atoms with Crippen molar-refractivity contribution >= 4 is 11.8 Å². The van der Waals surface area contributed by atoms with Gasteiger partial charge in [0, 0.05) is 19.0 Å². The number of nitrogens with one attached hydrogen (secondary N) is 1. The molecule has 3 atom stereocenters. The monoisotopic (exact) mass is 296 g/mol. The van der Waals surface area contributed by atoms with Gasteiger partial charge in [0.05, 0.1) is 12.2 Å². The standard InChI is InChI=1S/C16H28N2O3/c1-5-16(6-2)15(20)18(11(3)9-14(19)17-16)10-13-8-7-12(4)21-13/h11-13H,5-10H2,1-4H3,(H,17,19). The Hall–Kier alpha value is -1.10. The number of ether oxygens (including phenoxy) is 1. The van der Waals surface area contributed by atoms with Gasteiger partial charge < -0.3 is 15.0 Å². The van der Waals surface area contributed by atoms with Gasteiger partial charge in [0.15, 0.2) is 0 Å². The van der Waals surface area contributed by atoms with Crippen molar-refractivity contribution in [1.29, 1.82) is 0 Å². The molecule has 1 N–H and O–H groups in total. The summed E-state index contributed by atoms with van der Waals surface area (Å²) >= 11 is 0. The third-order valence-corrected chi connectivity index (χ3v) is 4.99. The van der Waals surface area contributed by atoms with E-state index in [1.165, 1.54) is 0 Å². The van der Waals surface area contributed by atoms with Gasteiger partial charge in [-0.15, -0.1) is 0 Å². The summed E-state index contributed by atoms with van der Waals surface area (Å²) in [5.41, 5.74) is -0.744. The highest BCUT2D eigenvalue weighted by atomic mass is 16.5. The molecular weight excluding hydrogens is 268 g/mol. The molecule has 0 aromatic rings. The van der Waals surface area contributed by atoms with Crippen LogP contribution in [0.1, 0.15) is 59.8 Å². The zero-order chi connectivity index (χ0) is 15.6. The maximum atomic E-state index is 13.0. The molecule has 0 bridgehead atoms. The van der Waals surface area contributed by atoms with Crippen molar-refractivity contribution in [3.05, 3.63) is 0 Å². The minimum absolute atomic E-state index is 0.0252. The minimum atomic E-state index is -0.744. The molecule has 21 heavy (non-hydrogen) atoms. The van der Waals surface area contributed by atoms with Crippen LogP contribution in [0.4, 0.5) is 0 Å². The fraction of sp³-hybridized carbons (Fsp3) is 0.875. The lowest BCUT2D eigenvalue weighted by molar-refractivity contribution is -0.142. The quantitative estimate of drug-likeness (QED) is 0.861. The molecule has 120 valence electrons. The van der Waals surface area contributed by atoms with E-state index in [9.17, 15) is 9.59 Å². The van der Waals surface area contributed by atoms with E-state index in [4.69, 9.17) is 4.74 Å². The van der Waals surface area contributed by atoms with Gasteiger partial charge in [-0.2, -0.15) is 0 Å². The molecule has 2 fully saturated rings. The molecule has 0 radical (unpaired) electrons. The number of hydrogen-bond donors (Lipinski definition) is 1. The van der Waals surface area contributed by atoms with Gasteiger partial charge in [-0.1, -0.05) is 13.8 Å². The highest BCUT2D eigenvalue weighted by Crippen LogP contribution is 2.27. The third kappa shape index (κ3) is 3.23. The highest BCUT2D eigenvalue weighted by molar-refractivity contribution is 5.94. The Morgan fingerprint density at radius 3 is 2.43 bits per heavy atom. The van der Waals surface area contributed by atoms with Crippen LogP contribution in [0.3, 0.4) is 0 Å². The first-order chi connectivity index (χ1) is 9.91. The van der Waals surface area contributed by atoms with Gasteiger partial charge in [0.25, 0.3) is 0 Å². The van der Waals surface area contributed by atoms with Crippen molar-refractivity contribution in [2.45, 2.75) is 83.6 Å². The molecule has 2 aliphatic heterocycles. The fourth-order valence-corrected chi connectivity index (χ4v) is 3.46. The molecule has 2 heterocycles. The lowest BCUT2D eigenvalue weighted by Crippen LogP contribution is -2.58. The van der Waals surface area contributed by atoms with E-state index in [1.54, 1.807) is 0 Å². The van der Waals surface area contributed by atoms with Crippen molar-refractivity contribution in [3.8, 4) is 0 Å². The molecule has 2 aliphatic rings. The molecule has 0 aromatic carbocycles. The van der Waals surface area contributed by atoms with E-state index in [0.717, 1.165) is 12.8 Å². The van der Waals surface area contributed by atoms with Gasteiger partial charge in [-0.3, -0.25) is 9.59 Å². The van der Waals surface area contributed by atoms with Crippen molar-refractivity contribution < 1.29 is 14.3 Å². The summed E-state index contributed by atoms with van der Waals surface area (Å²) in [4.78, 5) is 27.0. The Balaban J connectivity index is 2.20. The SMILES string of the molecule is CCC1(CC)NC(=O)CC(C)N(CC2CCC(C)O2)C1=O. The molecule has 2 rings (SSSR count). The lowest BCUT2D eigenvalue weighted by Gasteiger charge is -2.36. The summed E-state index contributed by atoms with van der Waals surface area (Å²) in [5.74, 6) is 0.0248. The van der Waals surface area contributed by atoms with Crippen LogP contribution in [0.15, 0.2) is 0 Å². The Labute approximate surface area is 127 Å². The van der Waals surface area contributed by atoms with E-state index in [-0.39, 0.29) is 30.1 Å². The van der Waals surface area contributed by atoms with Gasteiger partial charge in [-0.05, 0) is 39.5 Å². The summed E-state index contributed by atoms with van der Waals surface area (Å²) in [7, 11) is 0. The summed E-state index contributed by atoms with van der Waals surface area (Å²) in [6, 6.07) is -0.0722. The molecule has 5 nitrogen and oxygen atoms in total. The van der Waals surface area contributed by atoms with E-state index < -0.39 is 5.54 Å². The van der Waals surface area contributed by atoms with Gasteiger partial charge in [-0.25, -0.2) is 0 Å². The van der Waals surface area contributed by atoms with E-state index in [0.29, 0.717) is 25.8 Å². The zero-order valence-corrected chi connectivity index (χ0v) is 13.6. The number of nitrogens with zero attached hydrogens (tertiary/aromatic N) is 1. The van der Waals surface area contributed by atoms with Gasteiger partial charge in [0.2, 0.25) is 11.8 Å². The fourth-order valence-electron chi connectivity index (χ4n) is 3.46. The van der Waals surface area contributed by atoms with Crippen LogP contribution in [0.25, 0.3) is 0 Å². The maximum absolute atomic E-state index is 13.0.